The van der Waals surface area contributed by atoms with Crippen molar-refractivity contribution in [3.8, 4) is 11.5 Å². The maximum absolute atomic E-state index is 12.9. The molecule has 1 unspecified atom stereocenters. The number of hydrogen-bond donors (Lipinski definition) is 1. The minimum Gasteiger partial charge on any atom is -0.548 e. The summed E-state index contributed by atoms with van der Waals surface area (Å²) in [5.74, 6) is -1.56. The molecule has 1 aliphatic rings. The van der Waals surface area contributed by atoms with Crippen molar-refractivity contribution < 1.29 is 24.5 Å². The van der Waals surface area contributed by atoms with Crippen LogP contribution in [0.2, 0.25) is 0 Å². The van der Waals surface area contributed by atoms with E-state index in [1.807, 2.05) is 6.07 Å². The van der Waals surface area contributed by atoms with Crippen LogP contribution in [0.1, 0.15) is 18.1 Å². The van der Waals surface area contributed by atoms with Gasteiger partial charge < -0.3 is 19.7 Å². The van der Waals surface area contributed by atoms with E-state index in [0.717, 1.165) is 22.2 Å². The van der Waals surface area contributed by atoms with Crippen molar-refractivity contribution in [2.24, 2.45) is 0 Å². The first-order chi connectivity index (χ1) is 13.9. The summed E-state index contributed by atoms with van der Waals surface area (Å²) in [4.78, 5) is 26.1. The second-order valence-corrected chi connectivity index (χ2v) is 7.91. The highest BCUT2D eigenvalue weighted by Crippen LogP contribution is 2.36. The number of carboxylic acids is 1. The molecule has 3 rings (SSSR count). The van der Waals surface area contributed by atoms with E-state index in [1.54, 1.807) is 49.4 Å². The Morgan fingerprint density at radius 1 is 1.31 bits per heavy atom. The second-order valence-electron chi connectivity index (χ2n) is 6.24. The number of rotatable bonds is 7. The van der Waals surface area contributed by atoms with Gasteiger partial charge in [0.2, 0.25) is 0 Å². The van der Waals surface area contributed by atoms with Gasteiger partial charge in [0.1, 0.15) is 4.32 Å². The molecule has 1 amide bonds. The average Bonchev–Trinajstić information content (AvgIpc) is 2.96. The van der Waals surface area contributed by atoms with Crippen LogP contribution in [0.25, 0.3) is 6.08 Å². The SMILES string of the molecule is CCOc1cc(C=C2SC(=S)N(C(Cc3ccccc3)C(=O)[O-])C2=O)ccc1O. The lowest BCUT2D eigenvalue weighted by atomic mass is 10.0. The number of phenols is 1. The van der Waals surface area contributed by atoms with Gasteiger partial charge in [0.05, 0.1) is 23.5 Å². The number of phenolic OH excluding ortho intramolecular Hbond substituents is 1. The quantitative estimate of drug-likeness (QED) is 0.535. The monoisotopic (exact) mass is 428 g/mol. The van der Waals surface area contributed by atoms with Crippen LogP contribution < -0.4 is 9.84 Å². The van der Waals surface area contributed by atoms with E-state index in [2.05, 4.69) is 0 Å². The molecule has 1 aliphatic heterocycles. The molecule has 150 valence electrons. The highest BCUT2D eigenvalue weighted by molar-refractivity contribution is 8.26. The lowest BCUT2D eigenvalue weighted by Gasteiger charge is -2.27. The van der Waals surface area contributed by atoms with Gasteiger partial charge in [0, 0.05) is 0 Å². The maximum Gasteiger partial charge on any atom is 0.266 e. The molecule has 2 aromatic rings. The van der Waals surface area contributed by atoms with Crippen LogP contribution in [0.3, 0.4) is 0 Å². The van der Waals surface area contributed by atoms with Crippen molar-refractivity contribution in [1.82, 2.24) is 4.90 Å². The fourth-order valence-electron chi connectivity index (χ4n) is 2.91. The zero-order chi connectivity index (χ0) is 21.0. The van der Waals surface area contributed by atoms with Crippen LogP contribution >= 0.6 is 24.0 Å². The van der Waals surface area contributed by atoms with Crippen molar-refractivity contribution in [1.29, 1.82) is 0 Å². The molecule has 1 atom stereocenters. The molecule has 0 radical (unpaired) electrons. The van der Waals surface area contributed by atoms with E-state index in [-0.39, 0.29) is 16.5 Å². The normalized spacial score (nSPS) is 16.3. The molecule has 29 heavy (non-hydrogen) atoms. The Morgan fingerprint density at radius 2 is 2.03 bits per heavy atom. The van der Waals surface area contributed by atoms with E-state index >= 15 is 0 Å². The highest BCUT2D eigenvalue weighted by atomic mass is 32.2. The van der Waals surface area contributed by atoms with Gasteiger partial charge in [-0.1, -0.05) is 60.4 Å². The number of amides is 1. The van der Waals surface area contributed by atoms with Crippen molar-refractivity contribution in [2.45, 2.75) is 19.4 Å². The Hall–Kier alpha value is -2.84. The predicted octanol–water partition coefficient (Wildman–Crippen LogP) is 2.35. The number of thioether (sulfide) groups is 1. The lowest BCUT2D eigenvalue weighted by Crippen LogP contribution is -2.51. The third-order valence-corrected chi connectivity index (χ3v) is 5.59. The van der Waals surface area contributed by atoms with Crippen LogP contribution in [0, 0.1) is 0 Å². The molecule has 2 aromatic carbocycles. The van der Waals surface area contributed by atoms with Crippen LogP contribution in [0.4, 0.5) is 0 Å². The van der Waals surface area contributed by atoms with Gasteiger partial charge in [0.25, 0.3) is 5.91 Å². The van der Waals surface area contributed by atoms with Gasteiger partial charge in [-0.15, -0.1) is 0 Å². The number of carbonyl (C=O) groups is 2. The maximum atomic E-state index is 12.9. The van der Waals surface area contributed by atoms with Crippen molar-refractivity contribution >= 4 is 46.3 Å². The molecular formula is C21H18NO5S2-. The summed E-state index contributed by atoms with van der Waals surface area (Å²) in [6.45, 7) is 2.18. The Balaban J connectivity index is 1.87. The van der Waals surface area contributed by atoms with Crippen LogP contribution in [-0.2, 0) is 16.0 Å². The van der Waals surface area contributed by atoms with Crippen LogP contribution in [0.5, 0.6) is 11.5 Å². The molecule has 8 heteroatoms. The molecule has 0 spiro atoms. The average molecular weight is 429 g/mol. The first kappa shape index (κ1) is 20.9. The van der Waals surface area contributed by atoms with E-state index < -0.39 is 17.9 Å². The Bertz CT molecular complexity index is 974. The summed E-state index contributed by atoms with van der Waals surface area (Å²) >= 11 is 6.31. The van der Waals surface area contributed by atoms with Crippen LogP contribution in [-0.4, -0.2) is 38.9 Å². The van der Waals surface area contributed by atoms with Crippen molar-refractivity contribution in [3.63, 3.8) is 0 Å². The third-order valence-electron chi connectivity index (χ3n) is 4.26. The predicted molar refractivity (Wildman–Crippen MR) is 113 cm³/mol. The number of nitrogens with zero attached hydrogens (tertiary/aromatic N) is 1. The molecule has 0 aliphatic carbocycles. The zero-order valence-electron chi connectivity index (χ0n) is 15.5. The summed E-state index contributed by atoms with van der Waals surface area (Å²) in [6.07, 6.45) is 1.69. The largest absolute Gasteiger partial charge is 0.548 e. The molecule has 0 bridgehead atoms. The summed E-state index contributed by atoms with van der Waals surface area (Å²) in [5.41, 5.74) is 1.39. The minimum atomic E-state index is -1.37. The molecule has 1 fully saturated rings. The topological polar surface area (TPSA) is 89.9 Å². The summed E-state index contributed by atoms with van der Waals surface area (Å²) in [7, 11) is 0. The van der Waals surface area contributed by atoms with Gasteiger partial charge >= 0.3 is 0 Å². The first-order valence-electron chi connectivity index (χ1n) is 8.88. The number of aliphatic carboxylic acids is 1. The van der Waals surface area contributed by atoms with Crippen LogP contribution in [0.15, 0.2) is 53.4 Å². The molecule has 0 aromatic heterocycles. The third kappa shape index (κ3) is 4.78. The Morgan fingerprint density at radius 3 is 2.69 bits per heavy atom. The number of aromatic hydroxyl groups is 1. The van der Waals surface area contributed by atoms with Gasteiger partial charge in [-0.2, -0.15) is 0 Å². The Labute approximate surface area is 177 Å². The summed E-state index contributed by atoms with van der Waals surface area (Å²) in [5, 5.41) is 21.6. The number of benzene rings is 2. The fourth-order valence-corrected chi connectivity index (χ4v) is 4.27. The van der Waals surface area contributed by atoms with Gasteiger partial charge in [-0.3, -0.25) is 9.69 Å². The molecule has 0 saturated carbocycles. The second kappa shape index (κ2) is 9.11. The lowest BCUT2D eigenvalue weighted by molar-refractivity contribution is -0.310. The standard InChI is InChI=1S/C21H19NO5S2/c1-2-27-17-11-14(8-9-16(17)23)12-18-19(24)22(21(28)29-18)15(20(25)26)10-13-6-4-3-5-7-13/h3-9,11-12,15,23H,2,10H2,1H3,(H,25,26)/p-1. The number of carbonyl (C=O) groups excluding carboxylic acids is 2. The van der Waals surface area contributed by atoms with Gasteiger partial charge in [0.15, 0.2) is 11.5 Å². The fraction of sp³-hybridized carbons (Fsp3) is 0.190. The van der Waals surface area contributed by atoms with E-state index in [9.17, 15) is 19.8 Å². The highest BCUT2D eigenvalue weighted by Gasteiger charge is 2.37. The number of hydrogen-bond acceptors (Lipinski definition) is 7. The van der Waals surface area contributed by atoms with Crippen molar-refractivity contribution in [2.75, 3.05) is 6.61 Å². The summed E-state index contributed by atoms with van der Waals surface area (Å²) in [6, 6.07) is 12.5. The molecule has 1 heterocycles. The number of ether oxygens (including phenoxy) is 1. The molecular weight excluding hydrogens is 410 g/mol. The van der Waals surface area contributed by atoms with Gasteiger partial charge in [-0.05, 0) is 42.7 Å². The molecule has 6 nitrogen and oxygen atoms in total. The van der Waals surface area contributed by atoms with E-state index in [1.165, 1.54) is 6.07 Å². The van der Waals surface area contributed by atoms with E-state index in [0.29, 0.717) is 22.8 Å². The summed E-state index contributed by atoms with van der Waals surface area (Å²) < 4.78 is 5.52. The minimum absolute atomic E-state index is 0.00331. The Kier molecular flexibility index (Phi) is 6.56. The number of carboxylic acid groups (broad SMARTS) is 1. The number of thiocarbonyl (C=S) groups is 1. The molecule has 1 N–H and O–H groups in total. The zero-order valence-corrected chi connectivity index (χ0v) is 17.2. The van der Waals surface area contributed by atoms with E-state index in [4.69, 9.17) is 17.0 Å². The van der Waals surface area contributed by atoms with Crippen molar-refractivity contribution in [3.05, 3.63) is 64.6 Å². The first-order valence-corrected chi connectivity index (χ1v) is 10.1. The van der Waals surface area contributed by atoms with Gasteiger partial charge in [-0.25, -0.2) is 0 Å². The molecule has 1 saturated heterocycles. The smallest absolute Gasteiger partial charge is 0.266 e.